The zero-order valence-electron chi connectivity index (χ0n) is 14.6. The molecular weight excluding hydrogens is 320 g/mol. The minimum Gasteiger partial charge on any atom is -0.480 e. The van der Waals surface area contributed by atoms with Gasteiger partial charge in [0.1, 0.15) is 12.5 Å². The molecule has 1 saturated carbocycles. The molecule has 1 aliphatic carbocycles. The van der Waals surface area contributed by atoms with Crippen LogP contribution in [0.4, 0.5) is 5.69 Å². The van der Waals surface area contributed by atoms with Gasteiger partial charge in [-0.3, -0.25) is 14.4 Å². The summed E-state index contributed by atoms with van der Waals surface area (Å²) in [6, 6.07) is 7.81. The molecular formula is C19H24N2O4. The van der Waals surface area contributed by atoms with Gasteiger partial charge in [-0.05, 0) is 42.9 Å². The number of hydrogen-bond donors (Lipinski definition) is 1. The van der Waals surface area contributed by atoms with Gasteiger partial charge in [0.25, 0.3) is 0 Å². The smallest absolute Gasteiger partial charge is 0.323 e. The summed E-state index contributed by atoms with van der Waals surface area (Å²) in [5.41, 5.74) is 1.99. The maximum Gasteiger partial charge on any atom is 0.323 e. The predicted octanol–water partition coefficient (Wildman–Crippen LogP) is 2.24. The molecule has 6 heteroatoms. The SMILES string of the molecule is CC(C)c1ccc(N2CCC(C(=O)N(CC(=O)O)C3CC3)C2=O)cc1. The average Bonchev–Trinajstić information content (AvgIpc) is 3.34. The molecule has 0 spiro atoms. The quantitative estimate of drug-likeness (QED) is 0.803. The fraction of sp³-hybridized carbons (Fsp3) is 0.526. The van der Waals surface area contributed by atoms with Crippen molar-refractivity contribution < 1.29 is 19.5 Å². The van der Waals surface area contributed by atoms with E-state index in [1.165, 1.54) is 10.5 Å². The van der Waals surface area contributed by atoms with Gasteiger partial charge in [0.05, 0.1) is 0 Å². The zero-order valence-corrected chi connectivity index (χ0v) is 14.6. The first-order valence-corrected chi connectivity index (χ1v) is 8.82. The van der Waals surface area contributed by atoms with Gasteiger partial charge in [0, 0.05) is 18.3 Å². The Morgan fingerprint density at radius 1 is 1.20 bits per heavy atom. The first-order chi connectivity index (χ1) is 11.9. The van der Waals surface area contributed by atoms with Crippen LogP contribution in [0.25, 0.3) is 0 Å². The third-order valence-electron chi connectivity index (χ3n) is 4.95. The molecule has 1 aromatic rings. The minimum atomic E-state index is -1.04. The molecule has 1 heterocycles. The topological polar surface area (TPSA) is 77.9 Å². The van der Waals surface area contributed by atoms with Crippen molar-refractivity contribution in [2.75, 3.05) is 18.0 Å². The number of carbonyl (C=O) groups excluding carboxylic acids is 2. The molecule has 3 rings (SSSR count). The lowest BCUT2D eigenvalue weighted by atomic mass is 10.0. The molecule has 0 radical (unpaired) electrons. The Hall–Kier alpha value is -2.37. The molecule has 0 aromatic heterocycles. The number of amides is 2. The van der Waals surface area contributed by atoms with Crippen LogP contribution >= 0.6 is 0 Å². The van der Waals surface area contributed by atoms with E-state index in [0.29, 0.717) is 18.9 Å². The number of benzene rings is 1. The Labute approximate surface area is 147 Å². The Kier molecular flexibility index (Phi) is 4.79. The maximum absolute atomic E-state index is 12.7. The van der Waals surface area contributed by atoms with E-state index < -0.39 is 11.9 Å². The van der Waals surface area contributed by atoms with Gasteiger partial charge in [0.2, 0.25) is 11.8 Å². The number of carboxylic acids is 1. The van der Waals surface area contributed by atoms with Gasteiger partial charge < -0.3 is 14.9 Å². The second kappa shape index (κ2) is 6.86. The Balaban J connectivity index is 1.72. The van der Waals surface area contributed by atoms with Crippen molar-refractivity contribution in [3.8, 4) is 0 Å². The summed E-state index contributed by atoms with van der Waals surface area (Å²) in [7, 11) is 0. The molecule has 6 nitrogen and oxygen atoms in total. The normalized spacial score (nSPS) is 20.2. The van der Waals surface area contributed by atoms with E-state index in [9.17, 15) is 14.4 Å². The fourth-order valence-corrected chi connectivity index (χ4v) is 3.32. The Morgan fingerprint density at radius 2 is 1.84 bits per heavy atom. The molecule has 1 N–H and O–H groups in total. The van der Waals surface area contributed by atoms with Crippen LogP contribution in [0.3, 0.4) is 0 Å². The molecule has 1 unspecified atom stereocenters. The lowest BCUT2D eigenvalue weighted by Crippen LogP contribution is -2.43. The third kappa shape index (κ3) is 3.67. The lowest BCUT2D eigenvalue weighted by Gasteiger charge is -2.23. The molecule has 0 bridgehead atoms. The van der Waals surface area contributed by atoms with Crippen molar-refractivity contribution in [3.63, 3.8) is 0 Å². The van der Waals surface area contributed by atoms with Crippen molar-refractivity contribution in [3.05, 3.63) is 29.8 Å². The van der Waals surface area contributed by atoms with Crippen LogP contribution in [0.2, 0.25) is 0 Å². The molecule has 2 aliphatic rings. The second-order valence-electron chi connectivity index (χ2n) is 7.17. The number of carboxylic acid groups (broad SMARTS) is 1. The highest BCUT2D eigenvalue weighted by Gasteiger charge is 2.43. The van der Waals surface area contributed by atoms with Gasteiger partial charge in [-0.25, -0.2) is 0 Å². The highest BCUT2D eigenvalue weighted by molar-refractivity contribution is 6.10. The number of hydrogen-bond acceptors (Lipinski definition) is 3. The predicted molar refractivity (Wildman–Crippen MR) is 93.4 cm³/mol. The summed E-state index contributed by atoms with van der Waals surface area (Å²) in [5, 5.41) is 9.03. The molecule has 1 atom stereocenters. The first kappa shape index (κ1) is 17.5. The van der Waals surface area contributed by atoms with Gasteiger partial charge in [-0.1, -0.05) is 26.0 Å². The zero-order chi connectivity index (χ0) is 18.1. The Bertz CT molecular complexity index is 679. The van der Waals surface area contributed by atoms with Crippen LogP contribution in [-0.4, -0.2) is 46.9 Å². The van der Waals surface area contributed by atoms with Crippen LogP contribution < -0.4 is 4.90 Å². The van der Waals surface area contributed by atoms with Crippen molar-refractivity contribution in [1.29, 1.82) is 0 Å². The van der Waals surface area contributed by atoms with Crippen LogP contribution in [0.1, 0.15) is 44.6 Å². The van der Waals surface area contributed by atoms with Crippen LogP contribution in [0.15, 0.2) is 24.3 Å². The largest absolute Gasteiger partial charge is 0.480 e. The number of rotatable bonds is 6. The van der Waals surface area contributed by atoms with Crippen molar-refractivity contribution in [2.24, 2.45) is 5.92 Å². The second-order valence-corrected chi connectivity index (χ2v) is 7.17. The van der Waals surface area contributed by atoms with Crippen molar-refractivity contribution >= 4 is 23.5 Å². The highest BCUT2D eigenvalue weighted by atomic mass is 16.4. The number of carbonyl (C=O) groups is 3. The van der Waals surface area contributed by atoms with Crippen LogP contribution in [-0.2, 0) is 14.4 Å². The van der Waals surface area contributed by atoms with Gasteiger partial charge in [-0.15, -0.1) is 0 Å². The van der Waals surface area contributed by atoms with E-state index in [1.54, 1.807) is 4.90 Å². The average molecular weight is 344 g/mol. The minimum absolute atomic E-state index is 0.0178. The van der Waals surface area contributed by atoms with E-state index in [4.69, 9.17) is 5.11 Å². The summed E-state index contributed by atoms with van der Waals surface area (Å²) in [6.45, 7) is 4.39. The highest BCUT2D eigenvalue weighted by Crippen LogP contribution is 2.32. The number of anilines is 1. The summed E-state index contributed by atoms with van der Waals surface area (Å²) in [5.74, 6) is -1.94. The molecule has 25 heavy (non-hydrogen) atoms. The molecule has 1 saturated heterocycles. The van der Waals surface area contributed by atoms with E-state index in [-0.39, 0.29) is 24.4 Å². The Morgan fingerprint density at radius 3 is 2.36 bits per heavy atom. The van der Waals surface area contributed by atoms with Crippen LogP contribution in [0, 0.1) is 5.92 Å². The molecule has 1 aromatic carbocycles. The summed E-state index contributed by atoms with van der Waals surface area (Å²) in [4.78, 5) is 39.5. The lowest BCUT2D eigenvalue weighted by molar-refractivity contribution is -0.148. The van der Waals surface area contributed by atoms with Gasteiger partial charge >= 0.3 is 5.97 Å². The van der Waals surface area contributed by atoms with E-state index >= 15 is 0 Å². The molecule has 1 aliphatic heterocycles. The number of aliphatic carboxylic acids is 1. The van der Waals surface area contributed by atoms with Gasteiger partial charge in [-0.2, -0.15) is 0 Å². The van der Waals surface area contributed by atoms with Gasteiger partial charge in [0.15, 0.2) is 0 Å². The molecule has 2 fully saturated rings. The third-order valence-corrected chi connectivity index (χ3v) is 4.95. The first-order valence-electron chi connectivity index (χ1n) is 8.82. The van der Waals surface area contributed by atoms with E-state index in [0.717, 1.165) is 18.5 Å². The summed E-state index contributed by atoms with van der Waals surface area (Å²) in [6.07, 6.45) is 2.08. The fourth-order valence-electron chi connectivity index (χ4n) is 3.32. The summed E-state index contributed by atoms with van der Waals surface area (Å²) >= 11 is 0. The molecule has 134 valence electrons. The standard InChI is InChI=1S/C19H24N2O4/c1-12(2)13-3-5-14(6-4-13)20-10-9-16(18(20)24)19(25)21(11-17(22)23)15-7-8-15/h3-6,12,15-16H,7-11H2,1-2H3,(H,22,23). The summed E-state index contributed by atoms with van der Waals surface area (Å²) < 4.78 is 0. The number of nitrogens with zero attached hydrogens (tertiary/aromatic N) is 2. The molecule has 2 amide bonds. The van der Waals surface area contributed by atoms with Crippen molar-refractivity contribution in [1.82, 2.24) is 4.90 Å². The maximum atomic E-state index is 12.7. The van der Waals surface area contributed by atoms with E-state index in [1.807, 2.05) is 24.3 Å². The van der Waals surface area contributed by atoms with E-state index in [2.05, 4.69) is 13.8 Å². The van der Waals surface area contributed by atoms with Crippen LogP contribution in [0.5, 0.6) is 0 Å². The van der Waals surface area contributed by atoms with Crippen molar-refractivity contribution in [2.45, 2.75) is 45.1 Å². The monoisotopic (exact) mass is 344 g/mol.